The van der Waals surface area contributed by atoms with Gasteiger partial charge in [0.25, 0.3) is 5.91 Å². The van der Waals surface area contributed by atoms with Gasteiger partial charge in [-0.2, -0.15) is 18.3 Å². The minimum absolute atomic E-state index is 0.00690. The lowest BCUT2D eigenvalue weighted by atomic mass is 10.2. The summed E-state index contributed by atoms with van der Waals surface area (Å²) in [5.41, 5.74) is 1.06. The first-order valence-corrected chi connectivity index (χ1v) is 11.0. The Labute approximate surface area is 183 Å². The van der Waals surface area contributed by atoms with Gasteiger partial charge in [0.15, 0.2) is 5.69 Å². The number of hydrogen-bond acceptors (Lipinski definition) is 4. The van der Waals surface area contributed by atoms with Crippen LogP contribution < -0.4 is 10.0 Å². The third-order valence-corrected chi connectivity index (χ3v) is 6.21. The van der Waals surface area contributed by atoms with E-state index in [0.29, 0.717) is 11.3 Å². The van der Waals surface area contributed by atoms with Crippen LogP contribution in [0.3, 0.4) is 0 Å². The highest BCUT2D eigenvalue weighted by atomic mass is 32.2. The zero-order chi connectivity index (χ0) is 23.5. The van der Waals surface area contributed by atoms with E-state index < -0.39 is 27.8 Å². The maximum Gasteiger partial charge on any atom is 0.435 e. The summed E-state index contributed by atoms with van der Waals surface area (Å²) in [5.74, 6) is -0.445. The lowest BCUT2D eigenvalue weighted by molar-refractivity contribution is -0.141. The van der Waals surface area contributed by atoms with Crippen LogP contribution in [-0.4, -0.2) is 37.2 Å². The van der Waals surface area contributed by atoms with Crippen LogP contribution in [0.2, 0.25) is 0 Å². The van der Waals surface area contributed by atoms with Crippen molar-refractivity contribution >= 4 is 15.9 Å². The predicted octanol–water partition coefficient (Wildman–Crippen LogP) is 3.22. The van der Waals surface area contributed by atoms with Gasteiger partial charge in [0.2, 0.25) is 10.0 Å². The van der Waals surface area contributed by atoms with E-state index in [1.54, 1.807) is 26.0 Å². The summed E-state index contributed by atoms with van der Waals surface area (Å²) in [4.78, 5) is 12.4. The molecular weight excluding hydrogens is 445 g/mol. The van der Waals surface area contributed by atoms with Gasteiger partial charge < -0.3 is 5.32 Å². The monoisotopic (exact) mass is 466 g/mol. The molecule has 170 valence electrons. The second kappa shape index (κ2) is 9.13. The van der Waals surface area contributed by atoms with Gasteiger partial charge in [0.1, 0.15) is 0 Å². The first-order valence-electron chi connectivity index (χ1n) is 9.56. The van der Waals surface area contributed by atoms with Crippen molar-refractivity contribution < 1.29 is 26.4 Å². The second-order valence-corrected chi connectivity index (χ2v) is 8.85. The molecule has 7 nitrogen and oxygen atoms in total. The third kappa shape index (κ3) is 5.54. The number of aromatic nitrogens is 2. The predicted molar refractivity (Wildman–Crippen MR) is 112 cm³/mol. The minimum atomic E-state index is -4.54. The molecule has 0 aliphatic carbocycles. The molecule has 1 amide bonds. The number of sulfonamides is 1. The quantitative estimate of drug-likeness (QED) is 0.523. The Morgan fingerprint density at radius 2 is 1.72 bits per heavy atom. The van der Waals surface area contributed by atoms with Gasteiger partial charge in [-0.1, -0.05) is 12.1 Å². The Morgan fingerprint density at radius 3 is 2.34 bits per heavy atom. The Hall–Kier alpha value is -3.18. The molecule has 2 aromatic carbocycles. The molecule has 0 atom stereocenters. The van der Waals surface area contributed by atoms with Crippen molar-refractivity contribution in [2.45, 2.75) is 24.9 Å². The van der Waals surface area contributed by atoms with Crippen LogP contribution in [0.25, 0.3) is 5.69 Å². The van der Waals surface area contributed by atoms with Crippen molar-refractivity contribution in [3.63, 3.8) is 0 Å². The lowest BCUT2D eigenvalue weighted by Crippen LogP contribution is -2.35. The molecule has 0 radical (unpaired) electrons. The molecule has 1 aromatic heterocycles. The van der Waals surface area contributed by atoms with Crippen LogP contribution in [0.5, 0.6) is 0 Å². The number of aryl methyl sites for hydroxylation is 2. The first-order chi connectivity index (χ1) is 15.0. The SMILES string of the molecule is Cc1ccc(C)c(S(=O)(=O)NCCNC(=O)c2ccc(-n3ccc(C(F)(F)F)n3)cc2)c1. The highest BCUT2D eigenvalue weighted by Gasteiger charge is 2.33. The molecule has 0 fully saturated rings. The summed E-state index contributed by atoms with van der Waals surface area (Å²) < 4.78 is 66.4. The molecule has 0 saturated heterocycles. The molecule has 1 heterocycles. The van der Waals surface area contributed by atoms with Crippen LogP contribution in [0, 0.1) is 13.8 Å². The molecule has 3 rings (SSSR count). The topological polar surface area (TPSA) is 93.1 Å². The Morgan fingerprint density at radius 1 is 1.03 bits per heavy atom. The van der Waals surface area contributed by atoms with Crippen LogP contribution >= 0.6 is 0 Å². The highest BCUT2D eigenvalue weighted by Crippen LogP contribution is 2.27. The third-order valence-electron chi connectivity index (χ3n) is 4.61. The number of benzene rings is 2. The van der Waals surface area contributed by atoms with Gasteiger partial charge in [0.05, 0.1) is 10.6 Å². The van der Waals surface area contributed by atoms with Crippen LogP contribution in [0.15, 0.2) is 59.6 Å². The zero-order valence-corrected chi connectivity index (χ0v) is 18.1. The lowest BCUT2D eigenvalue weighted by Gasteiger charge is -2.11. The zero-order valence-electron chi connectivity index (χ0n) is 17.3. The van der Waals surface area contributed by atoms with E-state index >= 15 is 0 Å². The average molecular weight is 466 g/mol. The smallest absolute Gasteiger partial charge is 0.351 e. The van der Waals surface area contributed by atoms with Crippen molar-refractivity contribution in [2.24, 2.45) is 0 Å². The minimum Gasteiger partial charge on any atom is -0.351 e. The maximum atomic E-state index is 12.7. The van der Waals surface area contributed by atoms with E-state index in [0.717, 1.165) is 16.3 Å². The molecule has 11 heteroatoms. The molecular formula is C21H21F3N4O3S. The number of nitrogens with one attached hydrogen (secondary N) is 2. The molecule has 32 heavy (non-hydrogen) atoms. The van der Waals surface area contributed by atoms with Gasteiger partial charge in [-0.25, -0.2) is 17.8 Å². The highest BCUT2D eigenvalue weighted by molar-refractivity contribution is 7.89. The number of rotatable bonds is 7. The fraction of sp³-hybridized carbons (Fsp3) is 0.238. The van der Waals surface area contributed by atoms with Gasteiger partial charge in [0, 0.05) is 24.8 Å². The summed E-state index contributed by atoms with van der Waals surface area (Å²) in [6, 6.07) is 11.8. The molecule has 0 spiro atoms. The van der Waals surface area contributed by atoms with Crippen molar-refractivity contribution in [3.8, 4) is 5.69 Å². The molecule has 3 aromatic rings. The van der Waals surface area contributed by atoms with E-state index in [2.05, 4.69) is 15.1 Å². The summed E-state index contributed by atoms with van der Waals surface area (Å²) >= 11 is 0. The standard InChI is InChI=1S/C21H21F3N4O3S/c1-14-3-4-15(2)18(13-14)32(30,31)26-11-10-25-20(29)16-5-7-17(8-6-16)28-12-9-19(27-28)21(22,23)24/h3-9,12-13,26H,10-11H2,1-2H3,(H,25,29). The number of hydrogen-bond donors (Lipinski definition) is 2. The van der Waals surface area contributed by atoms with E-state index in [1.165, 1.54) is 30.5 Å². The van der Waals surface area contributed by atoms with Crippen LogP contribution in [0.1, 0.15) is 27.2 Å². The summed E-state index contributed by atoms with van der Waals surface area (Å²) in [7, 11) is -3.71. The van der Waals surface area contributed by atoms with Gasteiger partial charge >= 0.3 is 6.18 Å². The number of amides is 1. The molecule has 0 unspecified atom stereocenters. The number of carbonyl (C=O) groups is 1. The largest absolute Gasteiger partial charge is 0.435 e. The van der Waals surface area contributed by atoms with Gasteiger partial charge in [-0.05, 0) is 61.4 Å². The maximum absolute atomic E-state index is 12.7. The molecule has 0 bridgehead atoms. The summed E-state index contributed by atoms with van der Waals surface area (Å²) in [5, 5.41) is 6.07. The van der Waals surface area contributed by atoms with Crippen molar-refractivity contribution in [2.75, 3.05) is 13.1 Å². The van der Waals surface area contributed by atoms with Crippen molar-refractivity contribution in [1.29, 1.82) is 0 Å². The van der Waals surface area contributed by atoms with Crippen molar-refractivity contribution in [1.82, 2.24) is 19.8 Å². The molecule has 0 saturated carbocycles. The van der Waals surface area contributed by atoms with E-state index in [9.17, 15) is 26.4 Å². The van der Waals surface area contributed by atoms with Crippen LogP contribution in [0.4, 0.5) is 13.2 Å². The molecule has 0 aliphatic rings. The van der Waals surface area contributed by atoms with Crippen molar-refractivity contribution in [3.05, 3.63) is 77.1 Å². The number of halogens is 3. The first kappa shape index (κ1) is 23.5. The Bertz CT molecular complexity index is 1220. The van der Waals surface area contributed by atoms with E-state index in [1.807, 2.05) is 6.07 Å². The summed E-state index contributed by atoms with van der Waals surface area (Å²) in [6.45, 7) is 3.55. The fourth-order valence-corrected chi connectivity index (χ4v) is 4.28. The number of alkyl halides is 3. The average Bonchev–Trinajstić information content (AvgIpc) is 3.24. The number of nitrogens with zero attached hydrogens (tertiary/aromatic N) is 2. The van der Waals surface area contributed by atoms with Gasteiger partial charge in [-0.3, -0.25) is 4.79 Å². The fourth-order valence-electron chi connectivity index (χ4n) is 2.92. The normalized spacial score (nSPS) is 12.0. The molecule has 2 N–H and O–H groups in total. The van der Waals surface area contributed by atoms with Gasteiger partial charge in [-0.15, -0.1) is 0 Å². The van der Waals surface area contributed by atoms with E-state index in [4.69, 9.17) is 0 Å². The molecule has 0 aliphatic heterocycles. The van der Waals surface area contributed by atoms with E-state index in [-0.39, 0.29) is 23.5 Å². The number of carbonyl (C=O) groups excluding carboxylic acids is 1. The Kier molecular flexibility index (Phi) is 6.70. The summed E-state index contributed by atoms with van der Waals surface area (Å²) in [6.07, 6.45) is -3.36. The Balaban J connectivity index is 1.55. The van der Waals surface area contributed by atoms with Crippen LogP contribution in [-0.2, 0) is 16.2 Å². The second-order valence-electron chi connectivity index (χ2n) is 7.11.